The van der Waals surface area contributed by atoms with Crippen LogP contribution in [0.5, 0.6) is 0 Å². The molecule has 1 atom stereocenters. The van der Waals surface area contributed by atoms with E-state index in [1.165, 1.54) is 4.31 Å². The first-order valence-electron chi connectivity index (χ1n) is 10.1. The van der Waals surface area contributed by atoms with Crippen LogP contribution in [-0.2, 0) is 14.8 Å². The van der Waals surface area contributed by atoms with Crippen LogP contribution >= 0.6 is 0 Å². The number of rotatable bonds is 6. The van der Waals surface area contributed by atoms with E-state index in [0.717, 1.165) is 11.3 Å². The van der Waals surface area contributed by atoms with Gasteiger partial charge in [0.25, 0.3) is 0 Å². The van der Waals surface area contributed by atoms with Crippen molar-refractivity contribution in [2.75, 3.05) is 13.1 Å². The third kappa shape index (κ3) is 5.03. The van der Waals surface area contributed by atoms with Gasteiger partial charge in [-0.1, -0.05) is 32.0 Å². The Kier molecular flexibility index (Phi) is 6.70. The van der Waals surface area contributed by atoms with Gasteiger partial charge in [-0.2, -0.15) is 4.31 Å². The molecule has 29 heavy (non-hydrogen) atoms. The summed E-state index contributed by atoms with van der Waals surface area (Å²) < 4.78 is 27.3. The van der Waals surface area contributed by atoms with Crippen molar-refractivity contribution in [1.82, 2.24) is 14.6 Å². The minimum atomic E-state index is -3.53. The second kappa shape index (κ2) is 9.05. The van der Waals surface area contributed by atoms with Crippen LogP contribution in [0.3, 0.4) is 0 Å². The molecule has 156 valence electrons. The van der Waals surface area contributed by atoms with Gasteiger partial charge < -0.3 is 5.32 Å². The molecular weight excluding hydrogens is 386 g/mol. The largest absolute Gasteiger partial charge is 0.348 e. The van der Waals surface area contributed by atoms with Crippen LogP contribution in [0.2, 0.25) is 0 Å². The predicted molar refractivity (Wildman–Crippen MR) is 113 cm³/mol. The van der Waals surface area contributed by atoms with Crippen molar-refractivity contribution in [2.45, 2.75) is 50.5 Å². The summed E-state index contributed by atoms with van der Waals surface area (Å²) in [5.41, 5.74) is 1.92. The molecule has 7 heteroatoms. The maximum atomic E-state index is 12.9. The fourth-order valence-corrected chi connectivity index (χ4v) is 5.04. The van der Waals surface area contributed by atoms with Crippen molar-refractivity contribution in [1.29, 1.82) is 0 Å². The zero-order chi connectivity index (χ0) is 21.0. The Morgan fingerprint density at radius 2 is 1.72 bits per heavy atom. The number of sulfonamides is 1. The molecule has 1 N–H and O–H groups in total. The fourth-order valence-electron chi connectivity index (χ4n) is 3.57. The van der Waals surface area contributed by atoms with Gasteiger partial charge in [-0.25, -0.2) is 8.42 Å². The van der Waals surface area contributed by atoms with Gasteiger partial charge in [-0.3, -0.25) is 9.78 Å². The molecule has 2 aromatic rings. The summed E-state index contributed by atoms with van der Waals surface area (Å²) in [7, 11) is -3.53. The quantitative estimate of drug-likeness (QED) is 0.783. The van der Waals surface area contributed by atoms with E-state index in [2.05, 4.69) is 24.1 Å². The molecule has 0 saturated carbocycles. The third-order valence-corrected chi connectivity index (χ3v) is 7.41. The van der Waals surface area contributed by atoms with Crippen LogP contribution in [0, 0.1) is 5.92 Å². The molecule has 1 amide bonds. The molecule has 1 unspecified atom stereocenters. The number of pyridine rings is 1. The maximum Gasteiger partial charge on any atom is 0.243 e. The van der Waals surface area contributed by atoms with E-state index >= 15 is 0 Å². The van der Waals surface area contributed by atoms with Gasteiger partial charge >= 0.3 is 0 Å². The van der Waals surface area contributed by atoms with Gasteiger partial charge in [0, 0.05) is 25.2 Å². The SMILES string of the molecule is CC(C)c1ccc(S(=O)(=O)N2CCC(C(=O)NC(C)c3ccccn3)CC2)cc1. The van der Waals surface area contributed by atoms with Crippen molar-refractivity contribution in [3.8, 4) is 0 Å². The Labute approximate surface area is 173 Å². The molecule has 6 nitrogen and oxygen atoms in total. The lowest BCUT2D eigenvalue weighted by atomic mass is 9.97. The number of piperidine rings is 1. The van der Waals surface area contributed by atoms with Gasteiger partial charge in [0.2, 0.25) is 15.9 Å². The van der Waals surface area contributed by atoms with Crippen molar-refractivity contribution in [2.24, 2.45) is 5.92 Å². The van der Waals surface area contributed by atoms with Crippen molar-refractivity contribution in [3.05, 3.63) is 59.9 Å². The lowest BCUT2D eigenvalue weighted by molar-refractivity contribution is -0.126. The van der Waals surface area contributed by atoms with E-state index in [1.54, 1.807) is 18.3 Å². The molecule has 3 rings (SSSR count). The lowest BCUT2D eigenvalue weighted by Gasteiger charge is -2.31. The van der Waals surface area contributed by atoms with Crippen LogP contribution in [0.15, 0.2) is 53.6 Å². The fraction of sp³-hybridized carbons (Fsp3) is 0.455. The first-order chi connectivity index (χ1) is 13.8. The molecule has 1 saturated heterocycles. The Bertz CT molecular complexity index is 920. The summed E-state index contributed by atoms with van der Waals surface area (Å²) in [6.45, 7) is 6.76. The Morgan fingerprint density at radius 3 is 2.28 bits per heavy atom. The molecule has 1 aliphatic heterocycles. The van der Waals surface area contributed by atoms with Crippen molar-refractivity contribution < 1.29 is 13.2 Å². The van der Waals surface area contributed by atoms with Gasteiger partial charge in [0.15, 0.2) is 0 Å². The monoisotopic (exact) mass is 415 g/mol. The Morgan fingerprint density at radius 1 is 1.07 bits per heavy atom. The smallest absolute Gasteiger partial charge is 0.243 e. The van der Waals surface area contributed by atoms with E-state index < -0.39 is 10.0 Å². The summed E-state index contributed by atoms with van der Waals surface area (Å²) in [5.74, 6) is 0.131. The number of benzene rings is 1. The average Bonchev–Trinajstić information content (AvgIpc) is 2.74. The molecule has 1 fully saturated rings. The molecular formula is C22H29N3O3S. The van der Waals surface area contributed by atoms with Crippen molar-refractivity contribution >= 4 is 15.9 Å². The molecule has 1 aliphatic rings. The molecule has 0 aliphatic carbocycles. The molecule has 0 spiro atoms. The van der Waals surface area contributed by atoms with Crippen LogP contribution in [0.4, 0.5) is 0 Å². The highest BCUT2D eigenvalue weighted by Gasteiger charge is 2.32. The number of carbonyl (C=O) groups is 1. The summed E-state index contributed by atoms with van der Waals surface area (Å²) in [4.78, 5) is 17.2. The van der Waals surface area contributed by atoms with Gasteiger partial charge in [-0.05, 0) is 55.5 Å². The van der Waals surface area contributed by atoms with E-state index in [1.807, 2.05) is 37.3 Å². The standard InChI is InChI=1S/C22H29N3O3S/c1-16(2)18-7-9-20(10-8-18)29(27,28)25-14-11-19(12-15-25)22(26)24-17(3)21-6-4-5-13-23-21/h4-10,13,16-17,19H,11-12,14-15H2,1-3H3,(H,24,26). The summed E-state index contributed by atoms with van der Waals surface area (Å²) >= 11 is 0. The summed E-state index contributed by atoms with van der Waals surface area (Å²) in [6, 6.07) is 12.5. The van der Waals surface area contributed by atoms with Crippen LogP contribution in [0.1, 0.15) is 56.8 Å². The van der Waals surface area contributed by atoms with E-state index in [4.69, 9.17) is 0 Å². The first-order valence-corrected chi connectivity index (χ1v) is 11.5. The van der Waals surface area contributed by atoms with E-state index in [-0.39, 0.29) is 17.9 Å². The van der Waals surface area contributed by atoms with E-state index in [9.17, 15) is 13.2 Å². The highest BCUT2D eigenvalue weighted by atomic mass is 32.2. The number of aromatic nitrogens is 1. The highest BCUT2D eigenvalue weighted by Crippen LogP contribution is 2.26. The second-order valence-electron chi connectivity index (χ2n) is 7.89. The topological polar surface area (TPSA) is 79.4 Å². The number of nitrogens with one attached hydrogen (secondary N) is 1. The summed E-state index contributed by atoms with van der Waals surface area (Å²) in [5, 5.41) is 3.00. The lowest BCUT2D eigenvalue weighted by Crippen LogP contribution is -2.43. The molecule has 1 aromatic heterocycles. The van der Waals surface area contributed by atoms with Crippen LogP contribution in [-0.4, -0.2) is 36.7 Å². The maximum absolute atomic E-state index is 12.9. The Hall–Kier alpha value is -2.25. The van der Waals surface area contributed by atoms with Crippen LogP contribution in [0.25, 0.3) is 0 Å². The van der Waals surface area contributed by atoms with Gasteiger partial charge in [-0.15, -0.1) is 0 Å². The highest BCUT2D eigenvalue weighted by molar-refractivity contribution is 7.89. The van der Waals surface area contributed by atoms with Crippen molar-refractivity contribution in [3.63, 3.8) is 0 Å². The average molecular weight is 416 g/mol. The molecule has 2 heterocycles. The normalized spacial score (nSPS) is 17.2. The van der Waals surface area contributed by atoms with Gasteiger partial charge in [0.05, 0.1) is 16.6 Å². The minimum absolute atomic E-state index is 0.0403. The molecule has 0 bridgehead atoms. The van der Waals surface area contributed by atoms with Gasteiger partial charge in [0.1, 0.15) is 0 Å². The number of nitrogens with zero attached hydrogens (tertiary/aromatic N) is 2. The first kappa shape index (κ1) is 21.5. The zero-order valence-corrected chi connectivity index (χ0v) is 18.0. The number of carbonyl (C=O) groups excluding carboxylic acids is 1. The predicted octanol–water partition coefficient (Wildman–Crippen LogP) is 3.48. The van der Waals surface area contributed by atoms with E-state index in [0.29, 0.717) is 36.7 Å². The number of hydrogen-bond donors (Lipinski definition) is 1. The van der Waals surface area contributed by atoms with Crippen LogP contribution < -0.4 is 5.32 Å². The molecule has 1 aromatic carbocycles. The second-order valence-corrected chi connectivity index (χ2v) is 9.82. The summed E-state index contributed by atoms with van der Waals surface area (Å²) in [6.07, 6.45) is 2.74. The third-order valence-electron chi connectivity index (χ3n) is 5.50. The molecule has 0 radical (unpaired) electrons. The number of hydrogen-bond acceptors (Lipinski definition) is 4. The minimum Gasteiger partial charge on any atom is -0.348 e. The Balaban J connectivity index is 1.58. The zero-order valence-electron chi connectivity index (χ0n) is 17.2. The number of amides is 1.